The van der Waals surface area contributed by atoms with Gasteiger partial charge in [0.1, 0.15) is 12.0 Å². The van der Waals surface area contributed by atoms with Crippen molar-refractivity contribution in [2.24, 2.45) is 34.5 Å². The molecule has 5 heteroatoms. The number of amides is 1. The van der Waals surface area contributed by atoms with Crippen molar-refractivity contribution in [3.05, 3.63) is 0 Å². The molecule has 26 heavy (non-hydrogen) atoms. The number of hydrogen-bond acceptors (Lipinski definition) is 4. The fourth-order valence-electron chi connectivity index (χ4n) is 7.24. The molecule has 1 amide bonds. The molecule has 0 radical (unpaired) electrons. The van der Waals surface area contributed by atoms with Crippen LogP contribution in [0.4, 0.5) is 0 Å². The summed E-state index contributed by atoms with van der Waals surface area (Å²) >= 11 is 0. The van der Waals surface area contributed by atoms with Crippen molar-refractivity contribution in [2.45, 2.75) is 77.9 Å². The fraction of sp³-hybridized carbons (Fsp3) is 0.857. The zero-order chi connectivity index (χ0) is 18.7. The molecule has 1 N–H and O–H groups in total. The van der Waals surface area contributed by atoms with Crippen LogP contribution in [0.5, 0.6) is 0 Å². The van der Waals surface area contributed by atoms with Gasteiger partial charge in [0.2, 0.25) is 5.91 Å². The van der Waals surface area contributed by atoms with Crippen LogP contribution in [-0.2, 0) is 14.3 Å². The fourth-order valence-corrected chi connectivity index (χ4v) is 7.24. The summed E-state index contributed by atoms with van der Waals surface area (Å²) in [7, 11) is 0. The first-order valence-electron chi connectivity index (χ1n) is 10.2. The maximum absolute atomic E-state index is 12.2. The molecule has 8 atom stereocenters. The highest BCUT2D eigenvalue weighted by Crippen LogP contribution is 2.64. The molecule has 0 aromatic carbocycles. The molecule has 3 saturated carbocycles. The number of piperidine rings is 1. The Balaban J connectivity index is 1.60. The summed E-state index contributed by atoms with van der Waals surface area (Å²) in [5.74, 6) is 0.991. The highest BCUT2D eigenvalue weighted by Gasteiger charge is 2.62. The molecule has 4 rings (SSSR count). The quantitative estimate of drug-likeness (QED) is 0.730. The number of rotatable bonds is 1. The van der Waals surface area contributed by atoms with Gasteiger partial charge < -0.3 is 10.1 Å². The lowest BCUT2D eigenvalue weighted by atomic mass is 9.47. The normalized spacial score (nSPS) is 49.8. The van der Waals surface area contributed by atoms with E-state index in [1.54, 1.807) is 0 Å². The summed E-state index contributed by atoms with van der Waals surface area (Å²) in [6, 6.07) is 2.42. The molecule has 0 bridgehead atoms. The largest absolute Gasteiger partial charge is 0.462 e. The number of nitrogens with one attached hydrogen (secondary N) is 1. The minimum Gasteiger partial charge on any atom is -0.462 e. The Kier molecular flexibility index (Phi) is 4.09. The molecule has 1 heterocycles. The summed E-state index contributed by atoms with van der Waals surface area (Å²) in [6.07, 6.45) is 7.17. The van der Waals surface area contributed by atoms with E-state index in [1.165, 1.54) is 6.92 Å². The van der Waals surface area contributed by atoms with Crippen LogP contribution in [0, 0.1) is 45.8 Å². The lowest BCUT2D eigenvalue weighted by Gasteiger charge is -2.60. The van der Waals surface area contributed by atoms with Gasteiger partial charge in [0, 0.05) is 18.4 Å². The maximum atomic E-state index is 12.2. The van der Waals surface area contributed by atoms with Gasteiger partial charge in [-0.05, 0) is 68.1 Å². The van der Waals surface area contributed by atoms with Gasteiger partial charge in [-0.3, -0.25) is 9.59 Å². The molecular formula is C21H30N2O3. The monoisotopic (exact) mass is 358 g/mol. The zero-order valence-electron chi connectivity index (χ0n) is 16.1. The average Bonchev–Trinajstić information content (AvgIpc) is 2.91. The number of esters is 1. The third kappa shape index (κ3) is 2.41. The van der Waals surface area contributed by atoms with Gasteiger partial charge in [0.15, 0.2) is 0 Å². The van der Waals surface area contributed by atoms with Crippen molar-refractivity contribution >= 4 is 11.9 Å². The number of nitriles is 1. The number of ether oxygens (including phenoxy) is 1. The Morgan fingerprint density at radius 1 is 1.15 bits per heavy atom. The Morgan fingerprint density at radius 2 is 1.88 bits per heavy atom. The van der Waals surface area contributed by atoms with Crippen molar-refractivity contribution in [3.63, 3.8) is 0 Å². The van der Waals surface area contributed by atoms with Gasteiger partial charge in [0.05, 0.1) is 6.07 Å². The van der Waals surface area contributed by atoms with Crippen LogP contribution in [0.1, 0.15) is 65.7 Å². The van der Waals surface area contributed by atoms with Crippen LogP contribution < -0.4 is 5.32 Å². The molecule has 3 aliphatic carbocycles. The number of carbonyl (C=O) groups excluding carboxylic acids is 2. The Bertz CT molecular complexity index is 671. The third-order valence-corrected chi connectivity index (χ3v) is 8.52. The Labute approximate surface area is 155 Å². The van der Waals surface area contributed by atoms with E-state index in [9.17, 15) is 14.9 Å². The van der Waals surface area contributed by atoms with E-state index in [-0.39, 0.29) is 34.9 Å². The summed E-state index contributed by atoms with van der Waals surface area (Å²) in [5, 5.41) is 12.6. The van der Waals surface area contributed by atoms with Gasteiger partial charge in [-0.25, -0.2) is 0 Å². The SMILES string of the molecule is CC(=O)O[C@H]1CC[C@H]2[C@@H]3CC[C@H]4NC(=O)[C@@H](C#N)C[C@]4(C)[C@H]3CC[C@]12C. The van der Waals surface area contributed by atoms with E-state index in [2.05, 4.69) is 25.2 Å². The molecule has 1 saturated heterocycles. The van der Waals surface area contributed by atoms with Crippen LogP contribution in [0.3, 0.4) is 0 Å². The minimum absolute atomic E-state index is 0.0120. The molecular weight excluding hydrogens is 328 g/mol. The predicted octanol–water partition coefficient (Wildman–Crippen LogP) is 3.19. The van der Waals surface area contributed by atoms with Gasteiger partial charge >= 0.3 is 5.97 Å². The predicted molar refractivity (Wildman–Crippen MR) is 95.6 cm³/mol. The summed E-state index contributed by atoms with van der Waals surface area (Å²) in [4.78, 5) is 23.7. The Hall–Kier alpha value is -1.57. The minimum atomic E-state index is -0.513. The van der Waals surface area contributed by atoms with Gasteiger partial charge in [-0.15, -0.1) is 0 Å². The van der Waals surface area contributed by atoms with Crippen LogP contribution >= 0.6 is 0 Å². The van der Waals surface area contributed by atoms with E-state index in [0.29, 0.717) is 24.2 Å². The third-order valence-electron chi connectivity index (χ3n) is 8.52. The van der Waals surface area contributed by atoms with Crippen molar-refractivity contribution in [3.8, 4) is 6.07 Å². The molecule has 0 aromatic rings. The van der Waals surface area contributed by atoms with Crippen molar-refractivity contribution in [1.82, 2.24) is 5.32 Å². The van der Waals surface area contributed by atoms with E-state index >= 15 is 0 Å². The molecule has 0 unspecified atom stereocenters. The first-order chi connectivity index (χ1) is 12.3. The van der Waals surface area contributed by atoms with Gasteiger partial charge in [-0.2, -0.15) is 5.26 Å². The van der Waals surface area contributed by atoms with Crippen molar-refractivity contribution in [1.29, 1.82) is 5.26 Å². The molecule has 1 aliphatic heterocycles. The number of hydrogen-bond donors (Lipinski definition) is 1. The van der Waals surface area contributed by atoms with Crippen LogP contribution in [0.25, 0.3) is 0 Å². The second kappa shape index (κ2) is 5.97. The van der Waals surface area contributed by atoms with Gasteiger partial charge in [0.25, 0.3) is 0 Å². The number of carbonyl (C=O) groups is 2. The van der Waals surface area contributed by atoms with Crippen LogP contribution in [0.2, 0.25) is 0 Å². The first-order valence-corrected chi connectivity index (χ1v) is 10.2. The second-order valence-electron chi connectivity index (χ2n) is 9.63. The molecule has 0 aromatic heterocycles. The van der Waals surface area contributed by atoms with Crippen molar-refractivity contribution < 1.29 is 14.3 Å². The highest BCUT2D eigenvalue weighted by molar-refractivity contribution is 5.82. The van der Waals surface area contributed by atoms with Crippen molar-refractivity contribution in [2.75, 3.05) is 0 Å². The zero-order valence-corrected chi connectivity index (χ0v) is 16.1. The molecule has 4 aliphatic rings. The number of nitrogens with zero attached hydrogens (tertiary/aromatic N) is 1. The molecule has 5 nitrogen and oxygen atoms in total. The van der Waals surface area contributed by atoms with Gasteiger partial charge in [-0.1, -0.05) is 13.8 Å². The van der Waals surface area contributed by atoms with E-state index < -0.39 is 5.92 Å². The first kappa shape index (κ1) is 17.8. The number of fused-ring (bicyclic) bond motifs is 5. The lowest BCUT2D eigenvalue weighted by molar-refractivity contribution is -0.161. The maximum Gasteiger partial charge on any atom is 0.302 e. The summed E-state index contributed by atoms with van der Waals surface area (Å²) in [5.41, 5.74) is 0.0979. The topological polar surface area (TPSA) is 79.2 Å². The lowest BCUT2D eigenvalue weighted by Crippen LogP contribution is -2.63. The Morgan fingerprint density at radius 3 is 2.58 bits per heavy atom. The molecule has 0 spiro atoms. The van der Waals surface area contributed by atoms with E-state index in [4.69, 9.17) is 4.74 Å². The summed E-state index contributed by atoms with van der Waals surface area (Å²) in [6.45, 7) is 6.14. The molecule has 142 valence electrons. The standard InChI is InChI=1S/C21H30N2O3/c1-12(24)26-18-7-5-15-14-4-6-17-21(3,10-13(11-22)19(25)23-17)16(14)8-9-20(15,18)2/h13-18H,4-10H2,1-3H3,(H,23,25)/t13-,14+,15+,16+,17-,18+,20+,21-/m1/s1. The van der Waals surface area contributed by atoms with Crippen LogP contribution in [0.15, 0.2) is 0 Å². The van der Waals surface area contributed by atoms with E-state index in [0.717, 1.165) is 38.5 Å². The average molecular weight is 358 g/mol. The second-order valence-corrected chi connectivity index (χ2v) is 9.63. The highest BCUT2D eigenvalue weighted by atomic mass is 16.5. The van der Waals surface area contributed by atoms with E-state index in [1.807, 2.05) is 0 Å². The smallest absolute Gasteiger partial charge is 0.302 e. The van der Waals surface area contributed by atoms with Crippen LogP contribution in [-0.4, -0.2) is 24.0 Å². The molecule has 4 fully saturated rings. The summed E-state index contributed by atoms with van der Waals surface area (Å²) < 4.78 is 5.70.